The number of furan rings is 1. The molecule has 1 unspecified atom stereocenters. The molecule has 23 heavy (non-hydrogen) atoms. The van der Waals surface area contributed by atoms with E-state index in [9.17, 15) is 9.59 Å². The van der Waals surface area contributed by atoms with Crippen LogP contribution in [0.5, 0.6) is 0 Å². The van der Waals surface area contributed by atoms with Crippen molar-refractivity contribution in [2.45, 2.75) is 31.8 Å². The highest BCUT2D eigenvalue weighted by atomic mass is 35.5. The number of carboxylic acids is 1. The van der Waals surface area contributed by atoms with Crippen molar-refractivity contribution in [3.8, 4) is 0 Å². The van der Waals surface area contributed by atoms with Crippen molar-refractivity contribution >= 4 is 23.5 Å². The van der Waals surface area contributed by atoms with Crippen LogP contribution < -0.4 is 0 Å². The summed E-state index contributed by atoms with van der Waals surface area (Å²) in [6, 6.07) is 8.57. The van der Waals surface area contributed by atoms with Gasteiger partial charge in [-0.05, 0) is 31.4 Å². The molecule has 0 saturated heterocycles. The molecule has 0 aliphatic heterocycles. The van der Waals surface area contributed by atoms with Gasteiger partial charge in [-0.1, -0.05) is 29.8 Å². The van der Waals surface area contributed by atoms with Crippen LogP contribution in [0.25, 0.3) is 0 Å². The number of benzene rings is 1. The van der Waals surface area contributed by atoms with Crippen LogP contribution in [0.1, 0.15) is 52.3 Å². The largest absolute Gasteiger partial charge is 0.478 e. The molecule has 0 bridgehead atoms. The number of carbonyl (C=O) groups is 2. The van der Waals surface area contributed by atoms with Gasteiger partial charge in [-0.15, -0.1) is 0 Å². The van der Waals surface area contributed by atoms with Gasteiger partial charge in [0.25, 0.3) is 5.91 Å². The number of amides is 1. The van der Waals surface area contributed by atoms with Gasteiger partial charge in [0, 0.05) is 17.1 Å². The van der Waals surface area contributed by atoms with Crippen molar-refractivity contribution in [1.29, 1.82) is 0 Å². The summed E-state index contributed by atoms with van der Waals surface area (Å²) in [6.07, 6.45) is 2.93. The number of halogens is 1. The minimum atomic E-state index is -1.12. The standard InChI is InChI=1S/C17H16ClNO4/c1-10(13-4-2-3-5-14(13)18)19(12-6-7-12)16(20)15-8-11(9-23-15)17(21)22/h2-5,8-10,12H,6-7H2,1H3,(H,21,22). The Bertz CT molecular complexity index is 751. The monoisotopic (exact) mass is 333 g/mol. The maximum Gasteiger partial charge on any atom is 0.338 e. The Balaban J connectivity index is 1.90. The molecule has 0 spiro atoms. The van der Waals surface area contributed by atoms with Crippen LogP contribution in [-0.2, 0) is 0 Å². The van der Waals surface area contributed by atoms with Gasteiger partial charge in [-0.2, -0.15) is 0 Å². The molecule has 120 valence electrons. The number of hydrogen-bond donors (Lipinski definition) is 1. The first-order valence-corrected chi connectivity index (χ1v) is 7.75. The fourth-order valence-electron chi connectivity index (χ4n) is 2.66. The van der Waals surface area contributed by atoms with Crippen LogP contribution in [-0.4, -0.2) is 27.9 Å². The molecule has 1 aliphatic rings. The molecule has 1 saturated carbocycles. The lowest BCUT2D eigenvalue weighted by atomic mass is 10.1. The van der Waals surface area contributed by atoms with Crippen LogP contribution in [0.4, 0.5) is 0 Å². The number of carboxylic acid groups (broad SMARTS) is 1. The molecule has 2 aromatic rings. The first-order chi connectivity index (χ1) is 11.0. The van der Waals surface area contributed by atoms with Crippen molar-refractivity contribution in [3.05, 3.63) is 58.5 Å². The van der Waals surface area contributed by atoms with E-state index >= 15 is 0 Å². The van der Waals surface area contributed by atoms with Gasteiger partial charge in [0.05, 0.1) is 11.6 Å². The molecule has 6 heteroatoms. The number of aromatic carboxylic acids is 1. The zero-order valence-corrected chi connectivity index (χ0v) is 13.3. The second-order valence-electron chi connectivity index (χ2n) is 5.65. The number of carbonyl (C=O) groups excluding carboxylic acids is 1. The maximum atomic E-state index is 12.8. The molecule has 0 radical (unpaired) electrons. The Labute approximate surface area is 138 Å². The Morgan fingerprint density at radius 2 is 2.04 bits per heavy atom. The molecular formula is C17H16ClNO4. The molecular weight excluding hydrogens is 318 g/mol. The normalized spacial score (nSPS) is 15.2. The van der Waals surface area contributed by atoms with Crippen LogP contribution in [0.15, 0.2) is 41.0 Å². The second kappa shape index (κ2) is 6.08. The Kier molecular flexibility index (Phi) is 4.13. The van der Waals surface area contributed by atoms with Gasteiger partial charge < -0.3 is 14.4 Å². The summed E-state index contributed by atoms with van der Waals surface area (Å²) in [7, 11) is 0. The van der Waals surface area contributed by atoms with E-state index in [-0.39, 0.29) is 29.3 Å². The molecule has 1 fully saturated rings. The zero-order chi connectivity index (χ0) is 16.6. The predicted octanol–water partition coefficient (Wildman–Crippen LogP) is 4.00. The van der Waals surface area contributed by atoms with Crippen LogP contribution in [0, 0.1) is 0 Å². The quantitative estimate of drug-likeness (QED) is 0.897. The van der Waals surface area contributed by atoms with Gasteiger partial charge in [0.1, 0.15) is 6.26 Å². The minimum Gasteiger partial charge on any atom is -0.478 e. The summed E-state index contributed by atoms with van der Waals surface area (Å²) in [5.41, 5.74) is 0.828. The van der Waals surface area contributed by atoms with Crippen molar-refractivity contribution in [2.24, 2.45) is 0 Å². The number of hydrogen-bond acceptors (Lipinski definition) is 3. The Hall–Kier alpha value is -2.27. The molecule has 1 aromatic heterocycles. The van der Waals surface area contributed by atoms with E-state index < -0.39 is 5.97 Å². The number of rotatable bonds is 5. The third-order valence-corrected chi connectivity index (χ3v) is 4.35. The van der Waals surface area contributed by atoms with Crippen LogP contribution in [0.2, 0.25) is 5.02 Å². The van der Waals surface area contributed by atoms with Crippen molar-refractivity contribution in [1.82, 2.24) is 4.90 Å². The lowest BCUT2D eigenvalue weighted by Crippen LogP contribution is -2.35. The highest BCUT2D eigenvalue weighted by molar-refractivity contribution is 6.31. The van der Waals surface area contributed by atoms with Gasteiger partial charge in [0.2, 0.25) is 0 Å². The van der Waals surface area contributed by atoms with E-state index in [0.29, 0.717) is 5.02 Å². The predicted molar refractivity (Wildman–Crippen MR) is 84.7 cm³/mol. The average Bonchev–Trinajstić information content (AvgIpc) is 3.21. The Morgan fingerprint density at radius 3 is 2.61 bits per heavy atom. The molecule has 1 aromatic carbocycles. The first-order valence-electron chi connectivity index (χ1n) is 7.38. The van der Waals surface area contributed by atoms with E-state index in [2.05, 4.69) is 0 Å². The van der Waals surface area contributed by atoms with E-state index in [1.807, 2.05) is 25.1 Å². The maximum absolute atomic E-state index is 12.8. The molecule has 5 nitrogen and oxygen atoms in total. The van der Waals surface area contributed by atoms with Crippen LogP contribution >= 0.6 is 11.6 Å². The average molecular weight is 334 g/mol. The molecule has 1 N–H and O–H groups in total. The Morgan fingerprint density at radius 1 is 1.35 bits per heavy atom. The van der Waals surface area contributed by atoms with Gasteiger partial charge in [0.15, 0.2) is 5.76 Å². The fraction of sp³-hybridized carbons (Fsp3) is 0.294. The third kappa shape index (κ3) is 3.10. The molecule has 1 aliphatic carbocycles. The minimum absolute atomic E-state index is 0.0329. The van der Waals surface area contributed by atoms with Crippen molar-refractivity contribution < 1.29 is 19.1 Å². The fourth-order valence-corrected chi connectivity index (χ4v) is 2.96. The topological polar surface area (TPSA) is 70.8 Å². The number of nitrogens with zero attached hydrogens (tertiary/aromatic N) is 1. The summed E-state index contributed by atoms with van der Waals surface area (Å²) >= 11 is 6.25. The lowest BCUT2D eigenvalue weighted by molar-refractivity contribution is 0.0639. The summed E-state index contributed by atoms with van der Waals surface area (Å²) in [5, 5.41) is 9.56. The third-order valence-electron chi connectivity index (χ3n) is 4.00. The summed E-state index contributed by atoms with van der Waals surface area (Å²) < 4.78 is 5.16. The summed E-state index contributed by atoms with van der Waals surface area (Å²) in [6.45, 7) is 1.92. The molecule has 1 amide bonds. The highest BCUT2D eigenvalue weighted by Crippen LogP contribution is 2.37. The van der Waals surface area contributed by atoms with E-state index in [4.69, 9.17) is 21.1 Å². The van der Waals surface area contributed by atoms with E-state index in [0.717, 1.165) is 24.7 Å². The second-order valence-corrected chi connectivity index (χ2v) is 6.05. The molecule has 3 rings (SSSR count). The van der Waals surface area contributed by atoms with Gasteiger partial charge in [-0.25, -0.2) is 4.79 Å². The molecule has 1 heterocycles. The SMILES string of the molecule is CC(c1ccccc1Cl)N(C(=O)c1cc(C(=O)O)co1)C1CC1. The van der Waals surface area contributed by atoms with Crippen LogP contribution in [0.3, 0.4) is 0 Å². The van der Waals surface area contributed by atoms with E-state index in [1.165, 1.54) is 6.07 Å². The molecule has 1 atom stereocenters. The van der Waals surface area contributed by atoms with Gasteiger partial charge in [-0.3, -0.25) is 4.79 Å². The first kappa shape index (κ1) is 15.6. The smallest absolute Gasteiger partial charge is 0.338 e. The lowest BCUT2D eigenvalue weighted by Gasteiger charge is -2.29. The van der Waals surface area contributed by atoms with Crippen molar-refractivity contribution in [2.75, 3.05) is 0 Å². The highest BCUT2D eigenvalue weighted by Gasteiger charge is 2.38. The van der Waals surface area contributed by atoms with Crippen molar-refractivity contribution in [3.63, 3.8) is 0 Å². The van der Waals surface area contributed by atoms with E-state index in [1.54, 1.807) is 11.0 Å². The summed E-state index contributed by atoms with van der Waals surface area (Å²) in [4.78, 5) is 25.5. The van der Waals surface area contributed by atoms with Gasteiger partial charge >= 0.3 is 5.97 Å². The summed E-state index contributed by atoms with van der Waals surface area (Å²) in [5.74, 6) is -1.40. The zero-order valence-electron chi connectivity index (χ0n) is 12.5.